The van der Waals surface area contributed by atoms with E-state index >= 15 is 0 Å². The molecule has 1 aliphatic carbocycles. The highest BCUT2D eigenvalue weighted by molar-refractivity contribution is 5.94. The molecule has 2 aliphatic rings. The Kier molecular flexibility index (Phi) is 2.74. The Morgan fingerprint density at radius 1 is 1.17 bits per heavy atom. The second-order valence-electron chi connectivity index (χ2n) is 4.74. The minimum Gasteiger partial charge on any atom is -0.368 e. The number of carbonyl (C=O) groups is 1. The summed E-state index contributed by atoms with van der Waals surface area (Å²) in [5, 5.41) is 0. The van der Waals surface area contributed by atoms with Crippen molar-refractivity contribution in [1.29, 1.82) is 0 Å². The molecule has 1 aromatic rings. The highest BCUT2D eigenvalue weighted by atomic mass is 16.2. The molecule has 2 heterocycles. The number of amides is 1. The number of rotatable bonds is 1. The van der Waals surface area contributed by atoms with Crippen LogP contribution in [0.5, 0.6) is 0 Å². The lowest BCUT2D eigenvalue weighted by Gasteiger charge is -2.21. The monoisotopic (exact) mass is 244 g/mol. The molecule has 0 saturated heterocycles. The molecule has 0 fully saturated rings. The first-order valence-electron chi connectivity index (χ1n) is 6.35. The summed E-state index contributed by atoms with van der Waals surface area (Å²) in [5.41, 5.74) is 8.19. The zero-order valence-electron chi connectivity index (χ0n) is 10.2. The first-order valence-corrected chi connectivity index (χ1v) is 6.35. The van der Waals surface area contributed by atoms with Crippen molar-refractivity contribution < 1.29 is 4.79 Å². The van der Waals surface area contributed by atoms with Crippen molar-refractivity contribution in [2.75, 3.05) is 18.8 Å². The van der Waals surface area contributed by atoms with E-state index in [9.17, 15) is 4.79 Å². The molecule has 5 nitrogen and oxygen atoms in total. The maximum atomic E-state index is 12.4. The smallest absolute Gasteiger partial charge is 0.273 e. The van der Waals surface area contributed by atoms with Gasteiger partial charge in [-0.2, -0.15) is 0 Å². The van der Waals surface area contributed by atoms with Crippen molar-refractivity contribution in [3.8, 4) is 0 Å². The fourth-order valence-electron chi connectivity index (χ4n) is 2.58. The Balaban J connectivity index is 1.99. The molecule has 0 atom stereocenters. The standard InChI is InChI=1S/C13H16N4O/c14-13-15-10-6-2-1-5-9(10)11(16-13)12(18)17-7-3-4-8-17/h3-4H,1-2,5-8H2,(H2,14,15,16). The van der Waals surface area contributed by atoms with Crippen molar-refractivity contribution in [3.63, 3.8) is 0 Å². The molecule has 0 saturated carbocycles. The predicted molar refractivity (Wildman–Crippen MR) is 68.1 cm³/mol. The summed E-state index contributed by atoms with van der Waals surface area (Å²) < 4.78 is 0. The lowest BCUT2D eigenvalue weighted by atomic mass is 9.94. The number of anilines is 1. The molecule has 0 aromatic carbocycles. The van der Waals surface area contributed by atoms with Crippen molar-refractivity contribution in [2.24, 2.45) is 0 Å². The number of fused-ring (bicyclic) bond motifs is 1. The molecular weight excluding hydrogens is 228 g/mol. The average molecular weight is 244 g/mol. The number of carbonyl (C=O) groups excluding carboxylic acids is 1. The molecule has 0 bridgehead atoms. The number of aromatic nitrogens is 2. The summed E-state index contributed by atoms with van der Waals surface area (Å²) in [4.78, 5) is 22.6. The van der Waals surface area contributed by atoms with Gasteiger partial charge in [-0.15, -0.1) is 0 Å². The topological polar surface area (TPSA) is 72.1 Å². The Morgan fingerprint density at radius 3 is 2.67 bits per heavy atom. The van der Waals surface area contributed by atoms with Crippen molar-refractivity contribution in [3.05, 3.63) is 29.1 Å². The van der Waals surface area contributed by atoms with Crippen LogP contribution < -0.4 is 5.73 Å². The third-order valence-corrected chi connectivity index (χ3v) is 3.51. The van der Waals surface area contributed by atoms with Crippen LogP contribution in [-0.4, -0.2) is 33.9 Å². The second-order valence-corrected chi connectivity index (χ2v) is 4.74. The zero-order valence-corrected chi connectivity index (χ0v) is 10.2. The van der Waals surface area contributed by atoms with Crippen LogP contribution in [0.15, 0.2) is 12.2 Å². The number of hydrogen-bond donors (Lipinski definition) is 1. The summed E-state index contributed by atoms with van der Waals surface area (Å²) >= 11 is 0. The molecule has 3 rings (SSSR count). The zero-order chi connectivity index (χ0) is 12.5. The lowest BCUT2D eigenvalue weighted by molar-refractivity contribution is 0.0792. The normalized spacial score (nSPS) is 17.9. The molecule has 5 heteroatoms. The van der Waals surface area contributed by atoms with Crippen LogP contribution in [0.4, 0.5) is 5.95 Å². The van der Waals surface area contributed by atoms with Gasteiger partial charge in [0, 0.05) is 24.3 Å². The van der Waals surface area contributed by atoms with E-state index in [1.165, 1.54) is 0 Å². The highest BCUT2D eigenvalue weighted by Gasteiger charge is 2.25. The molecule has 0 unspecified atom stereocenters. The van der Waals surface area contributed by atoms with Crippen LogP contribution in [0.25, 0.3) is 0 Å². The van der Waals surface area contributed by atoms with Gasteiger partial charge >= 0.3 is 0 Å². The van der Waals surface area contributed by atoms with Gasteiger partial charge < -0.3 is 10.6 Å². The largest absolute Gasteiger partial charge is 0.368 e. The summed E-state index contributed by atoms with van der Waals surface area (Å²) in [6.07, 6.45) is 7.99. The fourth-order valence-corrected chi connectivity index (χ4v) is 2.58. The summed E-state index contributed by atoms with van der Waals surface area (Å²) in [7, 11) is 0. The molecule has 18 heavy (non-hydrogen) atoms. The Morgan fingerprint density at radius 2 is 1.89 bits per heavy atom. The average Bonchev–Trinajstić information content (AvgIpc) is 2.90. The molecule has 0 spiro atoms. The van der Waals surface area contributed by atoms with Gasteiger partial charge in [-0.05, 0) is 25.7 Å². The quantitative estimate of drug-likeness (QED) is 0.746. The van der Waals surface area contributed by atoms with Gasteiger partial charge in [0.2, 0.25) is 5.95 Å². The highest BCUT2D eigenvalue weighted by Crippen LogP contribution is 2.24. The Hall–Kier alpha value is -1.91. The summed E-state index contributed by atoms with van der Waals surface area (Å²) in [5.74, 6) is 0.193. The number of nitrogens with two attached hydrogens (primary N) is 1. The number of aryl methyl sites for hydroxylation is 1. The van der Waals surface area contributed by atoms with E-state index in [1.807, 2.05) is 12.2 Å². The third kappa shape index (κ3) is 1.85. The molecule has 2 N–H and O–H groups in total. The van der Waals surface area contributed by atoms with Crippen molar-refractivity contribution >= 4 is 11.9 Å². The molecule has 0 radical (unpaired) electrons. The SMILES string of the molecule is Nc1nc2c(c(C(=O)N3CC=CC3)n1)CCCC2. The Labute approximate surface area is 106 Å². The maximum Gasteiger partial charge on any atom is 0.273 e. The van der Waals surface area contributed by atoms with Gasteiger partial charge in [0.05, 0.1) is 0 Å². The van der Waals surface area contributed by atoms with E-state index in [0.717, 1.165) is 36.9 Å². The Bertz CT molecular complexity index is 516. The van der Waals surface area contributed by atoms with E-state index in [4.69, 9.17) is 5.73 Å². The summed E-state index contributed by atoms with van der Waals surface area (Å²) in [6.45, 7) is 1.33. The van der Waals surface area contributed by atoms with E-state index in [-0.39, 0.29) is 11.9 Å². The van der Waals surface area contributed by atoms with Crippen LogP contribution in [-0.2, 0) is 12.8 Å². The minimum atomic E-state index is -0.0211. The maximum absolute atomic E-state index is 12.4. The molecule has 1 aliphatic heterocycles. The van der Waals surface area contributed by atoms with E-state index in [2.05, 4.69) is 9.97 Å². The van der Waals surface area contributed by atoms with Crippen molar-refractivity contribution in [2.45, 2.75) is 25.7 Å². The molecule has 1 amide bonds. The van der Waals surface area contributed by atoms with E-state index < -0.39 is 0 Å². The van der Waals surface area contributed by atoms with Gasteiger partial charge in [-0.3, -0.25) is 4.79 Å². The van der Waals surface area contributed by atoms with E-state index in [0.29, 0.717) is 18.8 Å². The van der Waals surface area contributed by atoms with Gasteiger partial charge in [0.1, 0.15) is 5.69 Å². The van der Waals surface area contributed by atoms with E-state index in [1.54, 1.807) is 4.90 Å². The fraction of sp³-hybridized carbons (Fsp3) is 0.462. The van der Waals surface area contributed by atoms with Crippen LogP contribution in [0, 0.1) is 0 Å². The van der Waals surface area contributed by atoms with Gasteiger partial charge in [0.15, 0.2) is 0 Å². The van der Waals surface area contributed by atoms with Gasteiger partial charge in [-0.1, -0.05) is 12.2 Å². The molecule has 94 valence electrons. The van der Waals surface area contributed by atoms with Crippen LogP contribution in [0.2, 0.25) is 0 Å². The number of hydrogen-bond acceptors (Lipinski definition) is 4. The molecular formula is C13H16N4O. The summed E-state index contributed by atoms with van der Waals surface area (Å²) in [6, 6.07) is 0. The first kappa shape index (κ1) is 11.2. The molecule has 1 aromatic heterocycles. The van der Waals surface area contributed by atoms with Crippen LogP contribution in [0.3, 0.4) is 0 Å². The van der Waals surface area contributed by atoms with Gasteiger partial charge in [-0.25, -0.2) is 9.97 Å². The van der Waals surface area contributed by atoms with Crippen LogP contribution in [0.1, 0.15) is 34.6 Å². The lowest BCUT2D eigenvalue weighted by Crippen LogP contribution is -2.31. The second kappa shape index (κ2) is 4.40. The number of nitrogens with zero attached hydrogens (tertiary/aromatic N) is 3. The predicted octanol–water partition coefficient (Wildman–Crippen LogP) is 0.950. The first-order chi connectivity index (χ1) is 8.75. The van der Waals surface area contributed by atoms with Crippen molar-refractivity contribution in [1.82, 2.24) is 14.9 Å². The van der Waals surface area contributed by atoms with Crippen LogP contribution >= 0.6 is 0 Å². The minimum absolute atomic E-state index is 0.0211. The van der Waals surface area contributed by atoms with Gasteiger partial charge in [0.25, 0.3) is 5.91 Å². The number of nitrogen functional groups attached to an aromatic ring is 1. The third-order valence-electron chi connectivity index (χ3n) is 3.51.